The van der Waals surface area contributed by atoms with Gasteiger partial charge in [-0.25, -0.2) is 0 Å². The molecule has 0 radical (unpaired) electrons. The van der Waals surface area contributed by atoms with Gasteiger partial charge in [0.05, 0.1) is 0 Å². The van der Waals surface area contributed by atoms with Crippen LogP contribution in [0.3, 0.4) is 0 Å². The van der Waals surface area contributed by atoms with Crippen LogP contribution < -0.4 is 5.32 Å². The third kappa shape index (κ3) is 8.14. The summed E-state index contributed by atoms with van der Waals surface area (Å²) in [5, 5.41) is 2.87. The SMILES string of the molecule is CC(CCl)NCCCC(F)(F)F. The average Bonchev–Trinajstić information content (AvgIpc) is 1.96. The lowest BCUT2D eigenvalue weighted by Crippen LogP contribution is -2.29. The van der Waals surface area contributed by atoms with Gasteiger partial charge in [-0.15, -0.1) is 11.6 Å². The summed E-state index contributed by atoms with van der Waals surface area (Å²) in [6.07, 6.45) is -4.65. The summed E-state index contributed by atoms with van der Waals surface area (Å²) in [7, 11) is 0. The summed E-state index contributed by atoms with van der Waals surface area (Å²) >= 11 is 5.44. The minimum Gasteiger partial charge on any atom is -0.313 e. The molecule has 1 nitrogen and oxygen atoms in total. The summed E-state index contributed by atoms with van der Waals surface area (Å²) in [5.74, 6) is 0.423. The van der Waals surface area contributed by atoms with Crippen LogP contribution in [0, 0.1) is 0 Å². The molecular weight excluding hydrogens is 191 g/mol. The highest BCUT2D eigenvalue weighted by Gasteiger charge is 2.25. The molecular formula is C7H13ClF3N. The van der Waals surface area contributed by atoms with Gasteiger partial charge in [-0.2, -0.15) is 13.2 Å². The molecule has 0 aliphatic rings. The van der Waals surface area contributed by atoms with Crippen LogP contribution in [0.4, 0.5) is 13.2 Å². The third-order valence-corrected chi connectivity index (χ3v) is 1.82. The fourth-order valence-electron chi connectivity index (χ4n) is 0.692. The Bertz CT molecular complexity index is 116. The first-order valence-corrected chi connectivity index (χ1v) is 4.35. The first-order valence-electron chi connectivity index (χ1n) is 3.82. The van der Waals surface area contributed by atoms with E-state index in [1.54, 1.807) is 0 Å². The van der Waals surface area contributed by atoms with Gasteiger partial charge in [0, 0.05) is 18.3 Å². The van der Waals surface area contributed by atoms with Crippen molar-refractivity contribution < 1.29 is 13.2 Å². The van der Waals surface area contributed by atoms with E-state index in [0.717, 1.165) is 0 Å². The number of nitrogens with one attached hydrogen (secondary N) is 1. The minimum atomic E-state index is -4.04. The molecule has 0 aliphatic heterocycles. The summed E-state index contributed by atoms with van der Waals surface area (Å²) in [6, 6.07) is 0.0832. The lowest BCUT2D eigenvalue weighted by molar-refractivity contribution is -0.135. The molecule has 1 N–H and O–H groups in total. The topological polar surface area (TPSA) is 12.0 Å². The van der Waals surface area contributed by atoms with Gasteiger partial charge in [0.2, 0.25) is 0 Å². The quantitative estimate of drug-likeness (QED) is 0.535. The van der Waals surface area contributed by atoms with Crippen LogP contribution in [0.5, 0.6) is 0 Å². The van der Waals surface area contributed by atoms with Crippen molar-refractivity contribution in [3.63, 3.8) is 0 Å². The number of rotatable bonds is 5. The van der Waals surface area contributed by atoms with Gasteiger partial charge < -0.3 is 5.32 Å². The van der Waals surface area contributed by atoms with Gasteiger partial charge in [-0.05, 0) is 19.9 Å². The van der Waals surface area contributed by atoms with E-state index in [1.165, 1.54) is 0 Å². The molecule has 0 spiro atoms. The van der Waals surface area contributed by atoms with Gasteiger partial charge in [0.1, 0.15) is 0 Å². The molecule has 0 aromatic heterocycles. The van der Waals surface area contributed by atoms with Crippen molar-refractivity contribution in [2.24, 2.45) is 0 Å². The van der Waals surface area contributed by atoms with Crippen molar-refractivity contribution in [2.75, 3.05) is 12.4 Å². The maximum atomic E-state index is 11.6. The molecule has 12 heavy (non-hydrogen) atoms. The molecule has 0 heterocycles. The number of halogens is 4. The Balaban J connectivity index is 3.22. The molecule has 0 aromatic rings. The molecule has 0 aliphatic carbocycles. The second kappa shape index (κ2) is 5.65. The van der Waals surface area contributed by atoms with Gasteiger partial charge in [0.15, 0.2) is 0 Å². The predicted molar refractivity (Wildman–Crippen MR) is 43.5 cm³/mol. The lowest BCUT2D eigenvalue weighted by Gasteiger charge is -2.10. The monoisotopic (exact) mass is 203 g/mol. The van der Waals surface area contributed by atoms with Crippen molar-refractivity contribution >= 4 is 11.6 Å². The predicted octanol–water partition coefficient (Wildman–Crippen LogP) is 2.55. The van der Waals surface area contributed by atoms with Gasteiger partial charge >= 0.3 is 6.18 Å². The molecule has 1 atom stereocenters. The number of alkyl halides is 4. The first-order chi connectivity index (χ1) is 5.45. The number of hydrogen-bond acceptors (Lipinski definition) is 1. The smallest absolute Gasteiger partial charge is 0.313 e. The fourth-order valence-corrected chi connectivity index (χ4v) is 0.801. The molecule has 0 fully saturated rings. The van der Waals surface area contributed by atoms with E-state index >= 15 is 0 Å². The highest BCUT2D eigenvalue weighted by Crippen LogP contribution is 2.20. The Labute approximate surface area is 75.3 Å². The zero-order valence-electron chi connectivity index (χ0n) is 6.92. The molecule has 0 saturated carbocycles. The lowest BCUT2D eigenvalue weighted by atomic mass is 10.3. The van der Waals surface area contributed by atoms with Gasteiger partial charge in [-0.1, -0.05) is 0 Å². The molecule has 0 saturated heterocycles. The summed E-state index contributed by atoms with van der Waals surface area (Å²) in [5.41, 5.74) is 0. The Morgan fingerprint density at radius 2 is 2.00 bits per heavy atom. The van der Waals surface area contributed by atoms with Crippen molar-refractivity contribution in [3.8, 4) is 0 Å². The first kappa shape index (κ1) is 12.0. The largest absolute Gasteiger partial charge is 0.389 e. The van der Waals surface area contributed by atoms with Gasteiger partial charge in [-0.3, -0.25) is 0 Å². The van der Waals surface area contributed by atoms with E-state index in [9.17, 15) is 13.2 Å². The minimum absolute atomic E-state index is 0.0832. The van der Waals surface area contributed by atoms with Crippen LogP contribution in [0.2, 0.25) is 0 Å². The molecule has 0 rings (SSSR count). The molecule has 5 heteroatoms. The Hall–Kier alpha value is 0.0400. The van der Waals surface area contributed by atoms with E-state index in [2.05, 4.69) is 5.32 Å². The van der Waals surface area contributed by atoms with Crippen LogP contribution >= 0.6 is 11.6 Å². The van der Waals surface area contributed by atoms with Crippen LogP contribution in [-0.2, 0) is 0 Å². The number of hydrogen-bond donors (Lipinski definition) is 1. The van der Waals surface area contributed by atoms with Crippen molar-refractivity contribution in [1.29, 1.82) is 0 Å². The standard InChI is InChI=1S/C7H13ClF3N/c1-6(5-8)12-4-2-3-7(9,10)11/h6,12H,2-5H2,1H3. The average molecular weight is 204 g/mol. The van der Waals surface area contributed by atoms with Crippen molar-refractivity contribution in [2.45, 2.75) is 32.0 Å². The van der Waals surface area contributed by atoms with E-state index in [4.69, 9.17) is 11.6 Å². The zero-order chi connectivity index (χ0) is 9.61. The van der Waals surface area contributed by atoms with Crippen LogP contribution in [-0.4, -0.2) is 24.6 Å². The normalized spacial score (nSPS) is 14.8. The maximum absolute atomic E-state index is 11.6. The van der Waals surface area contributed by atoms with Crippen LogP contribution in [0.25, 0.3) is 0 Å². The molecule has 74 valence electrons. The Morgan fingerprint density at radius 1 is 1.42 bits per heavy atom. The summed E-state index contributed by atoms with van der Waals surface area (Å²) in [4.78, 5) is 0. The Kier molecular flexibility index (Phi) is 5.66. The molecule has 1 unspecified atom stereocenters. The highest BCUT2D eigenvalue weighted by molar-refractivity contribution is 6.18. The van der Waals surface area contributed by atoms with Gasteiger partial charge in [0.25, 0.3) is 0 Å². The molecule has 0 bridgehead atoms. The van der Waals surface area contributed by atoms with Crippen LogP contribution in [0.15, 0.2) is 0 Å². The second-order valence-electron chi connectivity index (χ2n) is 2.73. The highest BCUT2D eigenvalue weighted by atomic mass is 35.5. The molecule has 0 amide bonds. The van der Waals surface area contributed by atoms with E-state index in [-0.39, 0.29) is 12.5 Å². The summed E-state index contributed by atoms with van der Waals surface area (Å²) in [6.45, 7) is 2.20. The second-order valence-corrected chi connectivity index (χ2v) is 3.04. The van der Waals surface area contributed by atoms with E-state index in [1.807, 2.05) is 6.92 Å². The zero-order valence-corrected chi connectivity index (χ0v) is 7.67. The Morgan fingerprint density at radius 3 is 2.42 bits per heavy atom. The van der Waals surface area contributed by atoms with Crippen molar-refractivity contribution in [3.05, 3.63) is 0 Å². The van der Waals surface area contributed by atoms with Crippen LogP contribution in [0.1, 0.15) is 19.8 Å². The van der Waals surface area contributed by atoms with E-state index in [0.29, 0.717) is 12.4 Å². The fraction of sp³-hybridized carbons (Fsp3) is 1.00. The summed E-state index contributed by atoms with van der Waals surface area (Å²) < 4.78 is 34.8. The third-order valence-electron chi connectivity index (χ3n) is 1.36. The van der Waals surface area contributed by atoms with Crippen molar-refractivity contribution in [1.82, 2.24) is 5.32 Å². The maximum Gasteiger partial charge on any atom is 0.389 e. The van der Waals surface area contributed by atoms with E-state index < -0.39 is 12.6 Å². The molecule has 0 aromatic carbocycles.